The van der Waals surface area contributed by atoms with Gasteiger partial charge in [-0.1, -0.05) is 52.3 Å². The SMILES string of the molecule is C=CCN(C(=O)C1N([C@H](C)CO)C(=O)[C@@H]2[C@@H](C(=O)O)[C@@H]3OC12CC3Br)c1ccc2ccccc2c1. The monoisotopic (exact) mass is 542 g/mol. The number of rotatable bonds is 7. The van der Waals surface area contributed by atoms with Crippen LogP contribution in [-0.2, 0) is 19.1 Å². The molecule has 3 heterocycles. The fourth-order valence-electron chi connectivity index (χ4n) is 6.14. The van der Waals surface area contributed by atoms with Gasteiger partial charge >= 0.3 is 5.97 Å². The smallest absolute Gasteiger partial charge is 0.310 e. The molecule has 184 valence electrons. The predicted octanol–water partition coefficient (Wildman–Crippen LogP) is 2.57. The van der Waals surface area contributed by atoms with Gasteiger partial charge in [-0.15, -0.1) is 6.58 Å². The Labute approximate surface area is 211 Å². The van der Waals surface area contributed by atoms with Crippen LogP contribution in [0.4, 0.5) is 5.69 Å². The van der Waals surface area contributed by atoms with E-state index in [-0.39, 0.29) is 23.9 Å². The summed E-state index contributed by atoms with van der Waals surface area (Å²) in [6.45, 7) is 5.28. The first-order chi connectivity index (χ1) is 16.7. The molecule has 35 heavy (non-hydrogen) atoms. The average Bonchev–Trinajstić information content (AvgIpc) is 3.44. The Bertz CT molecular complexity index is 1220. The number of ether oxygens (including phenoxy) is 1. The first kappa shape index (κ1) is 24.0. The summed E-state index contributed by atoms with van der Waals surface area (Å²) in [7, 11) is 0. The number of likely N-dealkylation sites (tertiary alicyclic amines) is 1. The van der Waals surface area contributed by atoms with Crippen LogP contribution in [0.15, 0.2) is 55.1 Å². The number of hydrogen-bond donors (Lipinski definition) is 2. The van der Waals surface area contributed by atoms with Crippen molar-refractivity contribution < 1.29 is 29.3 Å². The summed E-state index contributed by atoms with van der Waals surface area (Å²) in [5.41, 5.74) is -0.661. The summed E-state index contributed by atoms with van der Waals surface area (Å²) >= 11 is 3.54. The van der Waals surface area contributed by atoms with Crippen molar-refractivity contribution >= 4 is 50.2 Å². The van der Waals surface area contributed by atoms with E-state index in [4.69, 9.17) is 4.74 Å². The Morgan fingerprint density at radius 1 is 1.31 bits per heavy atom. The number of carboxylic acid groups (broad SMARTS) is 1. The molecule has 0 aromatic heterocycles. The van der Waals surface area contributed by atoms with E-state index in [0.29, 0.717) is 12.1 Å². The molecule has 0 aliphatic carbocycles. The number of nitrogens with zero attached hydrogens (tertiary/aromatic N) is 2. The number of aliphatic carboxylic acids is 1. The highest BCUT2D eigenvalue weighted by Crippen LogP contribution is 2.60. The van der Waals surface area contributed by atoms with Crippen LogP contribution in [0.5, 0.6) is 0 Å². The van der Waals surface area contributed by atoms with Crippen LogP contribution in [-0.4, -0.2) is 74.7 Å². The Hall–Kier alpha value is -2.75. The topological polar surface area (TPSA) is 107 Å². The molecule has 2 bridgehead atoms. The van der Waals surface area contributed by atoms with E-state index in [0.717, 1.165) is 10.8 Å². The van der Waals surface area contributed by atoms with E-state index >= 15 is 0 Å². The normalized spacial score (nSPS) is 32.0. The van der Waals surface area contributed by atoms with Crippen molar-refractivity contribution in [3.05, 3.63) is 55.1 Å². The van der Waals surface area contributed by atoms with Gasteiger partial charge in [0.15, 0.2) is 0 Å². The first-order valence-corrected chi connectivity index (χ1v) is 12.6. The molecule has 9 heteroatoms. The van der Waals surface area contributed by atoms with Crippen LogP contribution in [0.2, 0.25) is 0 Å². The second-order valence-corrected chi connectivity index (χ2v) is 10.7. The Morgan fingerprint density at radius 2 is 2.03 bits per heavy atom. The number of alkyl halides is 1. The molecule has 3 saturated heterocycles. The quantitative estimate of drug-likeness (QED) is 0.411. The molecule has 0 radical (unpaired) electrons. The molecule has 2 aromatic carbocycles. The minimum Gasteiger partial charge on any atom is -0.481 e. The molecular weight excluding hydrogens is 516 g/mol. The van der Waals surface area contributed by atoms with Crippen LogP contribution < -0.4 is 4.90 Å². The highest BCUT2D eigenvalue weighted by atomic mass is 79.9. The summed E-state index contributed by atoms with van der Waals surface area (Å²) in [4.78, 5) is 42.8. The van der Waals surface area contributed by atoms with Crippen LogP contribution in [0.3, 0.4) is 0 Å². The van der Waals surface area contributed by atoms with E-state index in [1.54, 1.807) is 17.9 Å². The molecule has 8 nitrogen and oxygen atoms in total. The lowest BCUT2D eigenvalue weighted by atomic mass is 9.70. The Kier molecular flexibility index (Phi) is 5.97. The maximum Gasteiger partial charge on any atom is 0.310 e. The number of carbonyl (C=O) groups excluding carboxylic acids is 2. The molecule has 1 spiro atoms. The molecule has 2 N–H and O–H groups in total. The third-order valence-corrected chi connectivity index (χ3v) is 8.45. The number of hydrogen-bond acceptors (Lipinski definition) is 5. The minimum atomic E-state index is -1.30. The van der Waals surface area contributed by atoms with Crippen molar-refractivity contribution in [1.82, 2.24) is 4.90 Å². The largest absolute Gasteiger partial charge is 0.481 e. The van der Waals surface area contributed by atoms with Crippen molar-refractivity contribution in [2.45, 2.75) is 42.0 Å². The number of anilines is 1. The number of carbonyl (C=O) groups is 3. The zero-order valence-electron chi connectivity index (χ0n) is 19.2. The lowest BCUT2D eigenvalue weighted by Crippen LogP contribution is -2.58. The number of halogens is 1. The van der Waals surface area contributed by atoms with Crippen LogP contribution in [0.1, 0.15) is 13.3 Å². The number of benzene rings is 2. The maximum atomic E-state index is 14.3. The third-order valence-electron chi connectivity index (χ3n) is 7.61. The minimum absolute atomic E-state index is 0.188. The van der Waals surface area contributed by atoms with Gasteiger partial charge in [-0.25, -0.2) is 0 Å². The van der Waals surface area contributed by atoms with Gasteiger partial charge in [0, 0.05) is 17.1 Å². The van der Waals surface area contributed by atoms with E-state index in [1.807, 2.05) is 42.5 Å². The highest BCUT2D eigenvalue weighted by Gasteiger charge is 2.77. The van der Waals surface area contributed by atoms with Gasteiger partial charge in [0.05, 0.1) is 30.6 Å². The number of aliphatic hydroxyl groups excluding tert-OH is 1. The van der Waals surface area contributed by atoms with Crippen molar-refractivity contribution in [3.63, 3.8) is 0 Å². The zero-order valence-corrected chi connectivity index (χ0v) is 20.8. The van der Waals surface area contributed by atoms with Gasteiger partial charge in [-0.05, 0) is 36.2 Å². The molecule has 5 rings (SSSR count). The molecule has 7 atom stereocenters. The standard InChI is InChI=1S/C26H27BrN2O6/c1-3-10-28(17-9-8-15-6-4-5-7-16(15)11-17)24(32)22-26-12-18(27)21(35-26)19(25(33)34)20(26)23(31)29(22)14(2)13-30/h3-9,11,14,18-22,30H,1,10,12-13H2,2H3,(H,33,34)/t14-,18?,19-,20+,21-,22?,26?/m1/s1. The fourth-order valence-corrected chi connectivity index (χ4v) is 7.08. The summed E-state index contributed by atoms with van der Waals surface area (Å²) < 4.78 is 6.29. The lowest BCUT2D eigenvalue weighted by Gasteiger charge is -2.38. The van der Waals surface area contributed by atoms with Crippen LogP contribution in [0.25, 0.3) is 10.8 Å². The molecule has 2 aromatic rings. The first-order valence-electron chi connectivity index (χ1n) is 11.6. The molecule has 2 amide bonds. The van der Waals surface area contributed by atoms with Crippen LogP contribution >= 0.6 is 15.9 Å². The second-order valence-electron chi connectivity index (χ2n) is 9.55. The predicted molar refractivity (Wildman–Crippen MR) is 133 cm³/mol. The Balaban J connectivity index is 1.62. The van der Waals surface area contributed by atoms with E-state index in [9.17, 15) is 24.6 Å². The molecule has 0 saturated carbocycles. The van der Waals surface area contributed by atoms with E-state index < -0.39 is 47.5 Å². The summed E-state index contributed by atoms with van der Waals surface area (Å²) in [6.07, 6.45) is 1.22. The lowest BCUT2D eigenvalue weighted by molar-refractivity contribution is -0.150. The van der Waals surface area contributed by atoms with Crippen LogP contribution in [0, 0.1) is 11.8 Å². The van der Waals surface area contributed by atoms with Gasteiger partial charge in [-0.3, -0.25) is 14.4 Å². The molecule has 3 aliphatic rings. The molecule has 3 unspecified atom stereocenters. The summed E-state index contributed by atoms with van der Waals surface area (Å²) in [5.74, 6) is -4.04. The van der Waals surface area contributed by atoms with Gasteiger partial charge in [-0.2, -0.15) is 0 Å². The number of amides is 2. The second kappa shape index (κ2) is 8.72. The molecule has 3 fully saturated rings. The summed E-state index contributed by atoms with van der Waals surface area (Å²) in [6, 6.07) is 11.7. The molecular formula is C26H27BrN2O6. The number of fused-ring (bicyclic) bond motifs is 2. The van der Waals surface area contributed by atoms with Crippen molar-refractivity contribution in [2.75, 3.05) is 18.1 Å². The van der Waals surface area contributed by atoms with E-state index in [1.165, 1.54) is 4.90 Å². The average molecular weight is 543 g/mol. The molecule has 3 aliphatic heterocycles. The van der Waals surface area contributed by atoms with Gasteiger partial charge in [0.2, 0.25) is 5.91 Å². The zero-order chi connectivity index (χ0) is 25.1. The van der Waals surface area contributed by atoms with Crippen molar-refractivity contribution in [3.8, 4) is 0 Å². The van der Waals surface area contributed by atoms with Gasteiger partial charge in [0.1, 0.15) is 11.6 Å². The maximum absolute atomic E-state index is 14.3. The Morgan fingerprint density at radius 3 is 2.69 bits per heavy atom. The van der Waals surface area contributed by atoms with Gasteiger partial charge in [0.25, 0.3) is 5.91 Å². The highest BCUT2D eigenvalue weighted by molar-refractivity contribution is 9.09. The third kappa shape index (κ3) is 3.43. The van der Waals surface area contributed by atoms with Crippen molar-refractivity contribution in [2.24, 2.45) is 11.8 Å². The number of carboxylic acids is 1. The van der Waals surface area contributed by atoms with Crippen molar-refractivity contribution in [1.29, 1.82) is 0 Å². The van der Waals surface area contributed by atoms with Gasteiger partial charge < -0.3 is 24.7 Å². The fraction of sp³-hybridized carbons (Fsp3) is 0.423. The summed E-state index contributed by atoms with van der Waals surface area (Å²) in [5, 5.41) is 21.9. The number of aliphatic hydroxyl groups is 1. The van der Waals surface area contributed by atoms with E-state index in [2.05, 4.69) is 22.5 Å².